The quantitative estimate of drug-likeness (QED) is 0.448. The molecule has 1 saturated heterocycles. The zero-order chi connectivity index (χ0) is 19.8. The number of furan rings is 1. The summed E-state index contributed by atoms with van der Waals surface area (Å²) in [4.78, 5) is 6.89. The minimum absolute atomic E-state index is 0.0308. The Morgan fingerprint density at radius 3 is 2.82 bits per heavy atom. The van der Waals surface area contributed by atoms with E-state index in [2.05, 4.69) is 10.2 Å². The molecule has 1 N–H and O–H groups in total. The van der Waals surface area contributed by atoms with E-state index in [-0.39, 0.29) is 18.0 Å². The van der Waals surface area contributed by atoms with Crippen molar-refractivity contribution < 1.29 is 18.3 Å². The predicted molar refractivity (Wildman–Crippen MR) is 106 cm³/mol. The smallest absolute Gasteiger partial charge is 0.194 e. The highest BCUT2D eigenvalue weighted by atomic mass is 19.1. The third-order valence-electron chi connectivity index (χ3n) is 4.59. The molecule has 0 spiro atoms. The average molecular weight is 389 g/mol. The van der Waals surface area contributed by atoms with Crippen LogP contribution < -0.4 is 5.32 Å². The van der Waals surface area contributed by atoms with Crippen LogP contribution >= 0.6 is 0 Å². The minimum Gasteiger partial charge on any atom is -0.469 e. The summed E-state index contributed by atoms with van der Waals surface area (Å²) in [7, 11) is 1.67. The van der Waals surface area contributed by atoms with E-state index in [4.69, 9.17) is 18.9 Å². The van der Waals surface area contributed by atoms with Gasteiger partial charge in [0, 0.05) is 26.6 Å². The summed E-state index contributed by atoms with van der Waals surface area (Å²) in [5, 5.41) is 3.43. The number of nitrogens with one attached hydrogen (secondary N) is 1. The number of hydrogen-bond donors (Lipinski definition) is 1. The van der Waals surface area contributed by atoms with Gasteiger partial charge >= 0.3 is 0 Å². The Kier molecular flexibility index (Phi) is 7.45. The molecule has 0 amide bonds. The van der Waals surface area contributed by atoms with Gasteiger partial charge in [0.2, 0.25) is 0 Å². The molecule has 0 saturated carbocycles. The Hall–Kier alpha value is -2.38. The Balaban J connectivity index is 1.67. The topological polar surface area (TPSA) is 59.2 Å². The van der Waals surface area contributed by atoms with Crippen molar-refractivity contribution >= 4 is 5.96 Å². The first-order chi connectivity index (χ1) is 13.7. The molecule has 2 aromatic rings. The molecular formula is C21H28FN3O3. The summed E-state index contributed by atoms with van der Waals surface area (Å²) in [6.07, 6.45) is 2.35. The number of halogens is 1. The van der Waals surface area contributed by atoms with E-state index in [9.17, 15) is 4.39 Å². The number of ether oxygens (including phenoxy) is 2. The van der Waals surface area contributed by atoms with E-state index >= 15 is 0 Å². The van der Waals surface area contributed by atoms with Gasteiger partial charge in [-0.2, -0.15) is 0 Å². The number of methoxy groups -OCH3 is 1. The Morgan fingerprint density at radius 1 is 1.29 bits per heavy atom. The summed E-state index contributed by atoms with van der Waals surface area (Å²) in [5.74, 6) is 1.51. The van der Waals surface area contributed by atoms with Gasteiger partial charge in [0.05, 0.1) is 32.1 Å². The molecule has 28 heavy (non-hydrogen) atoms. The second kappa shape index (κ2) is 10.2. The Morgan fingerprint density at radius 2 is 2.11 bits per heavy atom. The van der Waals surface area contributed by atoms with Gasteiger partial charge in [0.15, 0.2) is 5.96 Å². The fraction of sp³-hybridized carbons (Fsp3) is 0.476. The second-order valence-corrected chi connectivity index (χ2v) is 6.85. The largest absolute Gasteiger partial charge is 0.469 e. The van der Waals surface area contributed by atoms with Crippen LogP contribution in [-0.2, 0) is 15.9 Å². The molecule has 2 atom stereocenters. The van der Waals surface area contributed by atoms with Crippen LogP contribution in [-0.4, -0.2) is 56.9 Å². The molecule has 3 rings (SSSR count). The van der Waals surface area contributed by atoms with Crippen LogP contribution in [0.5, 0.6) is 0 Å². The first-order valence-electron chi connectivity index (χ1n) is 9.61. The van der Waals surface area contributed by atoms with E-state index in [1.54, 1.807) is 25.5 Å². The van der Waals surface area contributed by atoms with Crippen LogP contribution in [0.3, 0.4) is 0 Å². The number of aliphatic imine (C=N–C) groups is 1. The van der Waals surface area contributed by atoms with Gasteiger partial charge in [-0.3, -0.25) is 4.99 Å². The van der Waals surface area contributed by atoms with E-state index in [0.29, 0.717) is 26.2 Å². The van der Waals surface area contributed by atoms with Gasteiger partial charge in [0.1, 0.15) is 17.7 Å². The van der Waals surface area contributed by atoms with Gasteiger partial charge in [-0.15, -0.1) is 0 Å². The van der Waals surface area contributed by atoms with Crippen LogP contribution in [0.2, 0.25) is 0 Å². The molecule has 1 aromatic carbocycles. The molecule has 1 aromatic heterocycles. The molecule has 6 nitrogen and oxygen atoms in total. The maximum absolute atomic E-state index is 13.3. The van der Waals surface area contributed by atoms with Crippen LogP contribution in [0.4, 0.5) is 4.39 Å². The molecule has 152 valence electrons. The van der Waals surface area contributed by atoms with Crippen LogP contribution in [0.25, 0.3) is 0 Å². The number of guanidine groups is 1. The van der Waals surface area contributed by atoms with Crippen molar-refractivity contribution in [2.45, 2.75) is 25.6 Å². The lowest BCUT2D eigenvalue weighted by atomic mass is 10.1. The van der Waals surface area contributed by atoms with Crippen LogP contribution in [0, 0.1) is 5.82 Å². The van der Waals surface area contributed by atoms with Crippen molar-refractivity contribution in [1.29, 1.82) is 0 Å². The number of nitrogens with zero attached hydrogens (tertiary/aromatic N) is 2. The van der Waals surface area contributed by atoms with E-state index < -0.39 is 0 Å². The minimum atomic E-state index is -0.245. The van der Waals surface area contributed by atoms with Crippen molar-refractivity contribution in [1.82, 2.24) is 10.2 Å². The second-order valence-electron chi connectivity index (χ2n) is 6.85. The van der Waals surface area contributed by atoms with E-state index in [1.165, 1.54) is 12.1 Å². The van der Waals surface area contributed by atoms with Gasteiger partial charge in [-0.05, 0) is 36.8 Å². The molecule has 2 heterocycles. The van der Waals surface area contributed by atoms with Crippen molar-refractivity contribution in [3.05, 3.63) is 59.8 Å². The van der Waals surface area contributed by atoms with Crippen molar-refractivity contribution in [2.24, 2.45) is 4.99 Å². The Bertz CT molecular complexity index is 734. The monoisotopic (exact) mass is 389 g/mol. The van der Waals surface area contributed by atoms with Crippen molar-refractivity contribution in [3.63, 3.8) is 0 Å². The highest BCUT2D eigenvalue weighted by Crippen LogP contribution is 2.25. The summed E-state index contributed by atoms with van der Waals surface area (Å²) < 4.78 is 29.9. The van der Waals surface area contributed by atoms with Crippen molar-refractivity contribution in [3.8, 4) is 0 Å². The standard InChI is InChI=1S/C21H28FN3O3/c1-16-14-25(15-20(28-16)17-5-7-18(22)8-6-17)21(24-11-13-26-2)23-10-9-19-4-3-12-27-19/h3-8,12,16,20H,9-11,13-15H2,1-2H3,(H,23,24). The maximum atomic E-state index is 13.3. The summed E-state index contributed by atoms with van der Waals surface area (Å²) >= 11 is 0. The average Bonchev–Trinajstić information content (AvgIpc) is 3.20. The molecule has 1 fully saturated rings. The lowest BCUT2D eigenvalue weighted by Crippen LogP contribution is -2.51. The number of rotatable bonds is 7. The molecule has 0 aliphatic carbocycles. The van der Waals surface area contributed by atoms with Crippen LogP contribution in [0.1, 0.15) is 24.4 Å². The molecule has 0 radical (unpaired) electrons. The zero-order valence-electron chi connectivity index (χ0n) is 16.4. The fourth-order valence-electron chi connectivity index (χ4n) is 3.25. The lowest BCUT2D eigenvalue weighted by molar-refractivity contribution is -0.0605. The predicted octanol–water partition coefficient (Wildman–Crippen LogP) is 3.02. The number of benzene rings is 1. The first-order valence-corrected chi connectivity index (χ1v) is 9.61. The molecule has 2 unspecified atom stereocenters. The highest BCUT2D eigenvalue weighted by Gasteiger charge is 2.28. The summed E-state index contributed by atoms with van der Waals surface area (Å²) in [5.41, 5.74) is 0.963. The van der Waals surface area contributed by atoms with Gasteiger partial charge in [-0.1, -0.05) is 12.1 Å². The molecule has 1 aliphatic rings. The normalized spacial score (nSPS) is 20.4. The zero-order valence-corrected chi connectivity index (χ0v) is 16.4. The molecule has 7 heteroatoms. The number of morpholine rings is 1. The van der Waals surface area contributed by atoms with E-state index in [1.807, 2.05) is 19.1 Å². The summed E-state index contributed by atoms with van der Waals surface area (Å²) in [6.45, 7) is 5.27. The highest BCUT2D eigenvalue weighted by molar-refractivity contribution is 5.80. The number of hydrogen-bond acceptors (Lipinski definition) is 4. The van der Waals surface area contributed by atoms with Crippen molar-refractivity contribution in [2.75, 3.05) is 39.9 Å². The third kappa shape index (κ3) is 5.81. The SMILES string of the molecule is COCCN=C(NCCc1ccco1)N1CC(C)OC(c2ccc(F)cc2)C1. The van der Waals surface area contributed by atoms with Gasteiger partial charge < -0.3 is 24.1 Å². The Labute approximate surface area is 165 Å². The first kappa shape index (κ1) is 20.4. The molecular weight excluding hydrogens is 361 g/mol. The van der Waals surface area contributed by atoms with Crippen LogP contribution in [0.15, 0.2) is 52.1 Å². The fourth-order valence-corrected chi connectivity index (χ4v) is 3.25. The van der Waals surface area contributed by atoms with E-state index in [0.717, 1.165) is 30.2 Å². The van der Waals surface area contributed by atoms with Gasteiger partial charge in [0.25, 0.3) is 0 Å². The molecule has 0 bridgehead atoms. The van der Waals surface area contributed by atoms with Gasteiger partial charge in [-0.25, -0.2) is 4.39 Å². The third-order valence-corrected chi connectivity index (χ3v) is 4.59. The lowest BCUT2D eigenvalue weighted by Gasteiger charge is -2.38. The maximum Gasteiger partial charge on any atom is 0.194 e. The molecule has 1 aliphatic heterocycles. The summed E-state index contributed by atoms with van der Waals surface area (Å²) in [6, 6.07) is 10.4.